The summed E-state index contributed by atoms with van der Waals surface area (Å²) in [6.07, 6.45) is 25.3. The molecule has 1 aliphatic heterocycles. The number of phosphoric ester groups is 2. The van der Waals surface area contributed by atoms with Crippen LogP contribution in [0.4, 0.5) is 5.82 Å². The van der Waals surface area contributed by atoms with Crippen molar-refractivity contribution in [2.24, 2.45) is 5.92 Å². The predicted molar refractivity (Wildman–Crippen MR) is 264 cm³/mol. The molecule has 2 heterocycles. The number of nitrogens with two attached hydrogens (primary N) is 1. The Balaban J connectivity index is 1.86. The van der Waals surface area contributed by atoms with Crippen molar-refractivity contribution in [3.8, 4) is 0 Å². The number of phosphoric acid groups is 2. The number of carbonyl (C=O) groups is 2. The van der Waals surface area contributed by atoms with E-state index in [2.05, 4.69) is 23.1 Å². The first-order chi connectivity index (χ1) is 33.3. The molecule has 0 amide bonds. The van der Waals surface area contributed by atoms with Gasteiger partial charge < -0.3 is 50.2 Å². The van der Waals surface area contributed by atoms with Gasteiger partial charge in [-0.1, -0.05) is 145 Å². The number of aliphatic hydroxyl groups is 4. The zero-order chi connectivity index (χ0) is 51.8. The van der Waals surface area contributed by atoms with Crippen LogP contribution in [0.3, 0.4) is 0 Å². The highest BCUT2D eigenvalue weighted by Crippen LogP contribution is 2.60. The lowest BCUT2D eigenvalue weighted by Gasteiger charge is -2.21. The van der Waals surface area contributed by atoms with Crippen LogP contribution >= 0.6 is 15.6 Å². The molecule has 1 aromatic heterocycles. The molecule has 1 fully saturated rings. The number of carbonyl (C=O) groups excluding carboxylic acids is 2. The minimum absolute atomic E-state index is 0.00817. The summed E-state index contributed by atoms with van der Waals surface area (Å²) >= 11 is 0. The molecule has 0 aromatic carbocycles. The molecule has 0 bridgehead atoms. The molecule has 8 N–H and O–H groups in total. The second-order valence-corrected chi connectivity index (χ2v) is 20.2. The highest BCUT2D eigenvalue weighted by atomic mass is 31.3. The van der Waals surface area contributed by atoms with Gasteiger partial charge in [-0.05, 0) is 50.5 Å². The number of rotatable bonds is 37. The van der Waals surface area contributed by atoms with Gasteiger partial charge in [0.15, 0.2) is 12.3 Å². The van der Waals surface area contributed by atoms with E-state index in [0.29, 0.717) is 38.0 Å². The summed E-state index contributed by atoms with van der Waals surface area (Å²) in [6, 6.07) is 1.23. The first kappa shape index (κ1) is 62.2. The van der Waals surface area contributed by atoms with Crippen molar-refractivity contribution >= 4 is 33.4 Å². The SMILES string of the molecule is CC/C=C\C[C@@H](O)/C=C/C=C\C=C\[C@@H](O)C/C=C\C/C=C\CCC(=O)OC[C@H](COP(=O)(O)OP(=O)(O)OC[C@H]1O[C@@H](n2ccc(N)nc2=O)[C@H](O)[C@@H]1O)OC(=O)CCCCCCCCCCC(C)C. The van der Waals surface area contributed by atoms with Crippen LogP contribution in [-0.4, -0.2) is 108 Å². The number of anilines is 1. The first-order valence-electron chi connectivity index (χ1n) is 24.0. The lowest BCUT2D eigenvalue weighted by Crippen LogP contribution is -2.36. The summed E-state index contributed by atoms with van der Waals surface area (Å²) in [7, 11) is -10.9. The van der Waals surface area contributed by atoms with Crippen LogP contribution < -0.4 is 11.4 Å². The van der Waals surface area contributed by atoms with Crippen molar-refractivity contribution in [3.63, 3.8) is 0 Å². The van der Waals surface area contributed by atoms with Crippen molar-refractivity contribution in [1.82, 2.24) is 9.55 Å². The standard InChI is InChI=1S/C48H77N3O17P2/c1-4-5-18-26-38(52)28-21-16-17-22-29-39(53)27-20-13-10-11-14-23-30-43(54)63-34-40(66-44(55)31-24-15-9-7-6-8-12-19-25-37(2)3)35-64-69(59,60)68-70(61,62)65-36-41-45(56)46(57)47(67-41)51-33-32-42(49)50-48(51)58/h5,11,13-14,16-18,20-22,28-29,32-33,37-41,45-47,52-53,56-57H,4,6-10,12,15,19,23-27,30-31,34-36H2,1-3H3,(H,59,60)(H,61,62)(H2,49,50,58)/b14-11-,17-16-,18-5-,20-13-,28-21+,29-22+/t38-,39+,40-,41-,45-,46-,47-/m1/s1. The van der Waals surface area contributed by atoms with Gasteiger partial charge in [-0.2, -0.15) is 9.29 Å². The maximum absolute atomic E-state index is 12.8. The molecular weight excluding hydrogens is 952 g/mol. The van der Waals surface area contributed by atoms with Crippen molar-refractivity contribution < 1.29 is 76.5 Å². The molecule has 2 rings (SSSR count). The van der Waals surface area contributed by atoms with E-state index in [0.717, 1.165) is 49.3 Å². The molecule has 2 unspecified atom stereocenters. The first-order valence-corrected chi connectivity index (χ1v) is 27.0. The topological polar surface area (TPSA) is 306 Å². The van der Waals surface area contributed by atoms with E-state index < -0.39 is 95.9 Å². The van der Waals surface area contributed by atoms with Gasteiger partial charge in [-0.15, -0.1) is 0 Å². The molecule has 0 saturated carbocycles. The van der Waals surface area contributed by atoms with Crippen LogP contribution in [0.1, 0.15) is 130 Å². The summed E-state index contributed by atoms with van der Waals surface area (Å²) in [4.78, 5) is 61.7. The number of hydrogen-bond acceptors (Lipinski definition) is 17. The zero-order valence-electron chi connectivity index (χ0n) is 40.7. The monoisotopic (exact) mass is 1030 g/mol. The molecule has 1 aliphatic rings. The number of esters is 2. The van der Waals surface area contributed by atoms with E-state index in [1.165, 1.54) is 25.3 Å². The van der Waals surface area contributed by atoms with Crippen LogP contribution in [0, 0.1) is 5.92 Å². The van der Waals surface area contributed by atoms with Crippen LogP contribution in [0.5, 0.6) is 0 Å². The van der Waals surface area contributed by atoms with Gasteiger partial charge in [0.05, 0.1) is 25.4 Å². The number of nitrogens with zero attached hydrogens (tertiary/aromatic N) is 2. The van der Waals surface area contributed by atoms with Gasteiger partial charge in [-0.25, -0.2) is 13.9 Å². The predicted octanol–water partition coefficient (Wildman–Crippen LogP) is 7.13. The molecule has 20 nitrogen and oxygen atoms in total. The normalized spacial score (nSPS) is 20.9. The highest BCUT2D eigenvalue weighted by Gasteiger charge is 2.46. The summed E-state index contributed by atoms with van der Waals surface area (Å²) in [5.74, 6) is -0.790. The summed E-state index contributed by atoms with van der Waals surface area (Å²) in [5, 5.41) is 40.9. The lowest BCUT2D eigenvalue weighted by molar-refractivity contribution is -0.161. The second kappa shape index (κ2) is 35.3. The van der Waals surface area contributed by atoms with Gasteiger partial charge >= 0.3 is 33.3 Å². The smallest absolute Gasteiger partial charge is 0.462 e. The van der Waals surface area contributed by atoms with Gasteiger partial charge in [0, 0.05) is 19.0 Å². The molecule has 0 spiro atoms. The highest BCUT2D eigenvalue weighted by molar-refractivity contribution is 7.61. The average molecular weight is 1030 g/mol. The Morgan fingerprint density at radius 1 is 0.800 bits per heavy atom. The quantitative estimate of drug-likeness (QED) is 0.0115. The van der Waals surface area contributed by atoms with Crippen molar-refractivity contribution in [2.75, 3.05) is 25.6 Å². The number of unbranched alkanes of at least 4 members (excludes halogenated alkanes) is 7. The summed E-state index contributed by atoms with van der Waals surface area (Å²) in [6.45, 7) is 3.99. The Hall–Kier alpha value is -3.88. The molecule has 396 valence electrons. The van der Waals surface area contributed by atoms with Gasteiger partial charge in [-0.3, -0.25) is 23.2 Å². The third-order valence-corrected chi connectivity index (χ3v) is 13.0. The molecule has 9 atom stereocenters. The van der Waals surface area contributed by atoms with E-state index in [-0.39, 0.29) is 18.7 Å². The third-order valence-electron chi connectivity index (χ3n) is 10.4. The molecule has 0 aliphatic carbocycles. The maximum Gasteiger partial charge on any atom is 0.481 e. The van der Waals surface area contributed by atoms with Crippen molar-refractivity contribution in [3.05, 3.63) is 95.7 Å². The van der Waals surface area contributed by atoms with Crippen LogP contribution in [0.2, 0.25) is 0 Å². The van der Waals surface area contributed by atoms with Crippen LogP contribution in [-0.2, 0) is 46.3 Å². The van der Waals surface area contributed by atoms with Crippen LogP contribution in [0.15, 0.2) is 90.0 Å². The fraction of sp³-hybridized carbons (Fsp3) is 0.625. The summed E-state index contributed by atoms with van der Waals surface area (Å²) in [5.41, 5.74) is 4.56. The van der Waals surface area contributed by atoms with Crippen molar-refractivity contribution in [2.45, 2.75) is 166 Å². The Kier molecular flexibility index (Phi) is 31.4. The average Bonchev–Trinajstić information content (AvgIpc) is 3.57. The van der Waals surface area contributed by atoms with E-state index in [9.17, 15) is 53.7 Å². The largest absolute Gasteiger partial charge is 0.481 e. The number of aliphatic hydroxyl groups excluding tert-OH is 4. The van der Waals surface area contributed by atoms with E-state index in [1.807, 2.05) is 37.3 Å². The van der Waals surface area contributed by atoms with Gasteiger partial charge in [0.25, 0.3) is 0 Å². The number of nitrogen functional groups attached to an aromatic ring is 1. The lowest BCUT2D eigenvalue weighted by atomic mass is 10.0. The van der Waals surface area contributed by atoms with Crippen LogP contribution in [0.25, 0.3) is 0 Å². The fourth-order valence-corrected chi connectivity index (χ4v) is 8.75. The Bertz CT molecular complexity index is 2010. The Labute approximate surface area is 411 Å². The fourth-order valence-electron chi connectivity index (χ4n) is 6.64. The molecule has 1 aromatic rings. The van der Waals surface area contributed by atoms with E-state index in [4.69, 9.17) is 29.0 Å². The Morgan fingerprint density at radius 3 is 2.03 bits per heavy atom. The molecule has 22 heteroatoms. The second-order valence-electron chi connectivity index (χ2n) is 17.1. The molecular formula is C48H77N3O17P2. The van der Waals surface area contributed by atoms with Gasteiger partial charge in [0.1, 0.15) is 30.7 Å². The van der Waals surface area contributed by atoms with Crippen molar-refractivity contribution in [1.29, 1.82) is 0 Å². The minimum atomic E-state index is -5.46. The number of hydrogen-bond donors (Lipinski definition) is 7. The molecule has 0 radical (unpaired) electrons. The number of aromatic nitrogens is 2. The maximum atomic E-state index is 12.8. The number of allylic oxidation sites excluding steroid dienone is 8. The molecule has 70 heavy (non-hydrogen) atoms. The van der Waals surface area contributed by atoms with Gasteiger partial charge in [0.2, 0.25) is 0 Å². The summed E-state index contributed by atoms with van der Waals surface area (Å²) < 4.78 is 56.5. The third kappa shape index (κ3) is 28.8. The zero-order valence-corrected chi connectivity index (χ0v) is 42.5. The van der Waals surface area contributed by atoms with E-state index in [1.54, 1.807) is 42.5 Å². The molecule has 1 saturated heterocycles. The van der Waals surface area contributed by atoms with E-state index >= 15 is 0 Å². The Morgan fingerprint density at radius 2 is 1.40 bits per heavy atom. The minimum Gasteiger partial charge on any atom is -0.462 e. The number of ether oxygens (including phenoxy) is 3.